The van der Waals surface area contributed by atoms with E-state index in [0.29, 0.717) is 10.2 Å². The summed E-state index contributed by atoms with van der Waals surface area (Å²) in [4.78, 5) is 63.1. The Kier molecular flexibility index (Phi) is 5.68. The van der Waals surface area contributed by atoms with Gasteiger partial charge in [0.2, 0.25) is 0 Å². The summed E-state index contributed by atoms with van der Waals surface area (Å²) in [6, 6.07) is 14.8. The number of anilines is 1. The lowest BCUT2D eigenvalue weighted by Gasteiger charge is -2.15. The van der Waals surface area contributed by atoms with Crippen LogP contribution in [-0.2, 0) is 20.1 Å². The molecule has 172 valence electrons. The second-order valence-corrected chi connectivity index (χ2v) is 7.56. The molecule has 0 spiro atoms. The van der Waals surface area contributed by atoms with Crippen molar-refractivity contribution < 1.29 is 14.7 Å². The highest BCUT2D eigenvalue weighted by Crippen LogP contribution is 2.14. The number of carboxylic acid groups (broad SMARTS) is 1. The van der Waals surface area contributed by atoms with Crippen LogP contribution in [0.15, 0.2) is 69.0 Å². The summed E-state index contributed by atoms with van der Waals surface area (Å²) in [5, 5.41) is 13.5. The van der Waals surface area contributed by atoms with Crippen LogP contribution in [0.25, 0.3) is 10.8 Å². The SMILES string of the molecule is Cn1c(=O)c(C(=O)Cn2nc(C(=O)O)c3ccccc3c2=O)c(N)n(Cc2ccccc2)c1=O. The quantitative estimate of drug-likeness (QED) is 0.392. The minimum atomic E-state index is -1.38. The Labute approximate surface area is 190 Å². The molecule has 4 aromatic rings. The number of carbonyl (C=O) groups is 2. The van der Waals surface area contributed by atoms with Gasteiger partial charge in [0.1, 0.15) is 17.9 Å². The zero-order valence-electron chi connectivity index (χ0n) is 18.0. The highest BCUT2D eigenvalue weighted by molar-refractivity contribution is 6.02. The molecule has 0 atom stereocenters. The van der Waals surface area contributed by atoms with E-state index in [9.17, 15) is 29.1 Å². The van der Waals surface area contributed by atoms with E-state index in [0.717, 1.165) is 9.13 Å². The topological polar surface area (TPSA) is 159 Å². The van der Waals surface area contributed by atoms with E-state index in [1.165, 1.54) is 19.2 Å². The summed E-state index contributed by atoms with van der Waals surface area (Å²) in [6.07, 6.45) is 0. The van der Waals surface area contributed by atoms with Gasteiger partial charge in [-0.2, -0.15) is 5.10 Å². The van der Waals surface area contributed by atoms with E-state index in [1.54, 1.807) is 42.5 Å². The fourth-order valence-corrected chi connectivity index (χ4v) is 3.68. The summed E-state index contributed by atoms with van der Waals surface area (Å²) in [5.74, 6) is -2.63. The molecule has 0 aliphatic heterocycles. The number of fused-ring (bicyclic) bond motifs is 1. The van der Waals surface area contributed by atoms with Gasteiger partial charge in [0.15, 0.2) is 11.5 Å². The third-order valence-electron chi connectivity index (χ3n) is 5.41. The number of aromatic carboxylic acids is 1. The Morgan fingerprint density at radius 1 is 0.941 bits per heavy atom. The third kappa shape index (κ3) is 3.79. The van der Waals surface area contributed by atoms with Crippen LogP contribution in [0.5, 0.6) is 0 Å². The number of nitrogen functional groups attached to an aromatic ring is 1. The largest absolute Gasteiger partial charge is 0.476 e. The normalized spacial score (nSPS) is 11.0. The lowest BCUT2D eigenvalue weighted by molar-refractivity contribution is 0.0688. The van der Waals surface area contributed by atoms with E-state index in [-0.39, 0.29) is 23.1 Å². The van der Waals surface area contributed by atoms with Crippen molar-refractivity contribution in [2.45, 2.75) is 13.1 Å². The number of hydrogen-bond donors (Lipinski definition) is 2. The molecule has 0 unspecified atom stereocenters. The Morgan fingerprint density at radius 3 is 2.21 bits per heavy atom. The summed E-state index contributed by atoms with van der Waals surface area (Å²) in [7, 11) is 1.21. The van der Waals surface area contributed by atoms with Gasteiger partial charge in [-0.15, -0.1) is 0 Å². The van der Waals surface area contributed by atoms with Crippen LogP contribution in [-0.4, -0.2) is 35.8 Å². The summed E-state index contributed by atoms with van der Waals surface area (Å²) in [6.45, 7) is -0.732. The van der Waals surface area contributed by atoms with Gasteiger partial charge in [0.25, 0.3) is 11.1 Å². The molecule has 2 aromatic heterocycles. The molecule has 0 bridgehead atoms. The zero-order chi connectivity index (χ0) is 24.6. The van der Waals surface area contributed by atoms with Crippen LogP contribution in [0, 0.1) is 0 Å². The molecule has 11 nitrogen and oxygen atoms in total. The molecular formula is C23H19N5O6. The van der Waals surface area contributed by atoms with E-state index < -0.39 is 46.4 Å². The summed E-state index contributed by atoms with van der Waals surface area (Å²) < 4.78 is 2.52. The first kappa shape index (κ1) is 22.4. The second kappa shape index (κ2) is 8.62. The fourth-order valence-electron chi connectivity index (χ4n) is 3.68. The van der Waals surface area contributed by atoms with Crippen molar-refractivity contribution in [2.75, 3.05) is 5.73 Å². The lowest BCUT2D eigenvalue weighted by atomic mass is 10.1. The highest BCUT2D eigenvalue weighted by atomic mass is 16.4. The highest BCUT2D eigenvalue weighted by Gasteiger charge is 2.24. The number of Topliss-reactive ketones (excluding diaryl/α,β-unsaturated/α-hetero) is 1. The Morgan fingerprint density at radius 2 is 1.56 bits per heavy atom. The van der Waals surface area contributed by atoms with Gasteiger partial charge in [-0.1, -0.05) is 48.5 Å². The van der Waals surface area contributed by atoms with Gasteiger partial charge in [-0.3, -0.25) is 23.5 Å². The molecule has 0 saturated carbocycles. The minimum absolute atomic E-state index is 0.0112. The van der Waals surface area contributed by atoms with Crippen molar-refractivity contribution in [3.05, 3.63) is 103 Å². The molecule has 0 amide bonds. The van der Waals surface area contributed by atoms with E-state index >= 15 is 0 Å². The summed E-state index contributed by atoms with van der Waals surface area (Å²) >= 11 is 0. The minimum Gasteiger partial charge on any atom is -0.476 e. The molecule has 2 heterocycles. The van der Waals surface area contributed by atoms with E-state index in [1.807, 2.05) is 0 Å². The molecule has 0 saturated heterocycles. The molecule has 11 heteroatoms. The third-order valence-corrected chi connectivity index (χ3v) is 5.41. The number of carboxylic acids is 1. The van der Waals surface area contributed by atoms with Gasteiger partial charge in [-0.25, -0.2) is 14.3 Å². The van der Waals surface area contributed by atoms with Gasteiger partial charge >= 0.3 is 11.7 Å². The predicted octanol–water partition coefficient (Wildman–Crippen LogP) is 0.468. The number of nitrogens with zero attached hydrogens (tertiary/aromatic N) is 4. The molecule has 3 N–H and O–H groups in total. The van der Waals surface area contributed by atoms with Crippen molar-refractivity contribution >= 4 is 28.3 Å². The zero-order valence-corrected chi connectivity index (χ0v) is 18.0. The first-order valence-corrected chi connectivity index (χ1v) is 10.1. The van der Waals surface area contributed by atoms with Crippen LogP contribution in [0.2, 0.25) is 0 Å². The van der Waals surface area contributed by atoms with Crippen LogP contribution >= 0.6 is 0 Å². The van der Waals surface area contributed by atoms with Crippen LogP contribution in [0.1, 0.15) is 26.4 Å². The van der Waals surface area contributed by atoms with Gasteiger partial charge in [0, 0.05) is 12.4 Å². The monoisotopic (exact) mass is 461 g/mol. The molecule has 0 fully saturated rings. The van der Waals surface area contributed by atoms with Crippen LogP contribution < -0.4 is 22.5 Å². The Bertz CT molecular complexity index is 1630. The first-order valence-electron chi connectivity index (χ1n) is 10.1. The summed E-state index contributed by atoms with van der Waals surface area (Å²) in [5.41, 5.74) is 3.55. The number of hydrogen-bond acceptors (Lipinski definition) is 7. The Balaban J connectivity index is 1.83. The van der Waals surface area contributed by atoms with Gasteiger partial charge in [-0.05, 0) is 11.6 Å². The number of ketones is 1. The predicted molar refractivity (Wildman–Crippen MR) is 123 cm³/mol. The maximum atomic E-state index is 13.1. The van der Waals surface area contributed by atoms with Crippen molar-refractivity contribution in [2.24, 2.45) is 7.05 Å². The smallest absolute Gasteiger partial charge is 0.357 e. The van der Waals surface area contributed by atoms with Gasteiger partial charge in [0.05, 0.1) is 11.9 Å². The molecule has 4 rings (SSSR count). The average molecular weight is 461 g/mol. The van der Waals surface area contributed by atoms with Crippen molar-refractivity contribution in [1.29, 1.82) is 0 Å². The maximum Gasteiger partial charge on any atom is 0.357 e. The first-order chi connectivity index (χ1) is 16.2. The van der Waals surface area contributed by atoms with Gasteiger partial charge < -0.3 is 10.8 Å². The molecule has 0 radical (unpaired) electrons. The number of carbonyl (C=O) groups excluding carboxylic acids is 1. The molecule has 2 aromatic carbocycles. The average Bonchev–Trinajstić information content (AvgIpc) is 2.83. The van der Waals surface area contributed by atoms with Crippen LogP contribution in [0.4, 0.5) is 5.82 Å². The number of rotatable bonds is 6. The van der Waals surface area contributed by atoms with Crippen molar-refractivity contribution in [3.63, 3.8) is 0 Å². The van der Waals surface area contributed by atoms with Crippen LogP contribution in [0.3, 0.4) is 0 Å². The standard InChI is InChI=1S/C23H19N5O6/c1-26-21(31)17(19(24)27(23(26)34)11-13-7-3-2-4-8-13)16(29)12-28-20(30)15-10-6-5-9-14(15)18(25-28)22(32)33/h2-10H,11-12,24H2,1H3,(H,32,33). The molecule has 34 heavy (non-hydrogen) atoms. The van der Waals surface area contributed by atoms with Crippen molar-refractivity contribution in [3.8, 4) is 0 Å². The van der Waals surface area contributed by atoms with E-state index in [2.05, 4.69) is 5.10 Å². The number of benzene rings is 2. The molecular weight excluding hydrogens is 442 g/mol. The fraction of sp³-hybridized carbons (Fsp3) is 0.130. The maximum absolute atomic E-state index is 13.1. The number of nitrogens with two attached hydrogens (primary N) is 1. The number of aromatic nitrogens is 4. The lowest BCUT2D eigenvalue weighted by Crippen LogP contribution is -2.43. The van der Waals surface area contributed by atoms with E-state index in [4.69, 9.17) is 5.73 Å². The molecule has 0 aliphatic rings. The van der Waals surface area contributed by atoms with Crippen molar-refractivity contribution in [1.82, 2.24) is 18.9 Å². The second-order valence-electron chi connectivity index (χ2n) is 7.56. The Hall–Kier alpha value is -4.80. The molecule has 0 aliphatic carbocycles.